The van der Waals surface area contributed by atoms with Gasteiger partial charge in [-0.15, -0.1) is 0 Å². The quantitative estimate of drug-likeness (QED) is 0.514. The van der Waals surface area contributed by atoms with E-state index in [1.807, 2.05) is 6.07 Å². The maximum absolute atomic E-state index is 11.2. The number of halogens is 2. The van der Waals surface area contributed by atoms with Crippen LogP contribution in [-0.2, 0) is 11.2 Å². The van der Waals surface area contributed by atoms with E-state index < -0.39 is 0 Å². The van der Waals surface area contributed by atoms with Crippen LogP contribution >= 0.6 is 23.2 Å². The number of benzene rings is 1. The Balaban J connectivity index is 2.46. The van der Waals surface area contributed by atoms with Gasteiger partial charge in [-0.2, -0.15) is 0 Å². The van der Waals surface area contributed by atoms with Gasteiger partial charge in [0.25, 0.3) is 0 Å². The molecule has 0 unspecified atom stereocenters. The normalized spacial score (nSPS) is 10.2. The van der Waals surface area contributed by atoms with Crippen LogP contribution in [0.2, 0.25) is 10.0 Å². The molecule has 0 fully saturated rings. The molecule has 16 heavy (non-hydrogen) atoms. The van der Waals surface area contributed by atoms with Crippen LogP contribution in [0.4, 0.5) is 0 Å². The Morgan fingerprint density at radius 3 is 2.69 bits per heavy atom. The van der Waals surface area contributed by atoms with E-state index in [4.69, 9.17) is 29.0 Å². The lowest BCUT2D eigenvalue weighted by atomic mass is 10.1. The molecule has 5 heteroatoms. The molecule has 0 aromatic heterocycles. The summed E-state index contributed by atoms with van der Waals surface area (Å²) < 4.78 is 0. The predicted molar refractivity (Wildman–Crippen MR) is 66.4 cm³/mol. The van der Waals surface area contributed by atoms with Gasteiger partial charge in [0.05, 0.1) is 0 Å². The maximum atomic E-state index is 11.2. The summed E-state index contributed by atoms with van der Waals surface area (Å²) in [6, 6.07) is 5.37. The number of amides is 1. The van der Waals surface area contributed by atoms with Crippen LogP contribution in [-0.4, -0.2) is 18.0 Å². The number of hydrogen-bond acceptors (Lipinski definition) is 2. The van der Waals surface area contributed by atoms with Gasteiger partial charge in [-0.3, -0.25) is 9.80 Å². The summed E-state index contributed by atoms with van der Waals surface area (Å²) in [5, 5.41) is 2.36. The summed E-state index contributed by atoms with van der Waals surface area (Å²) in [6.07, 6.45) is 1.89. The van der Waals surface area contributed by atoms with E-state index in [1.165, 1.54) is 7.05 Å². The number of hydrazine groups is 1. The third kappa shape index (κ3) is 4.00. The number of carbonyl (C=O) groups excluding carboxylic acids is 1. The van der Waals surface area contributed by atoms with Gasteiger partial charge in [0, 0.05) is 23.5 Å². The highest BCUT2D eigenvalue weighted by atomic mass is 35.5. The molecular weight excluding hydrogens is 247 g/mol. The summed E-state index contributed by atoms with van der Waals surface area (Å²) >= 11 is 11.8. The van der Waals surface area contributed by atoms with E-state index in [0.29, 0.717) is 16.5 Å². The highest BCUT2D eigenvalue weighted by Crippen LogP contribution is 2.22. The van der Waals surface area contributed by atoms with Crippen molar-refractivity contribution in [3.8, 4) is 0 Å². The summed E-state index contributed by atoms with van der Waals surface area (Å²) in [4.78, 5) is 11.2. The highest BCUT2D eigenvalue weighted by molar-refractivity contribution is 6.35. The van der Waals surface area contributed by atoms with Gasteiger partial charge >= 0.3 is 0 Å². The Hall–Kier alpha value is -0.770. The molecule has 0 aliphatic carbocycles. The van der Waals surface area contributed by atoms with Crippen LogP contribution in [0.5, 0.6) is 0 Å². The molecule has 0 heterocycles. The Labute approximate surface area is 105 Å². The van der Waals surface area contributed by atoms with E-state index >= 15 is 0 Å². The first-order valence-electron chi connectivity index (χ1n) is 4.96. The maximum Gasteiger partial charge on any atom is 0.236 e. The third-order valence-corrected chi connectivity index (χ3v) is 2.83. The molecule has 0 spiro atoms. The smallest absolute Gasteiger partial charge is 0.236 e. The van der Waals surface area contributed by atoms with Crippen LogP contribution < -0.4 is 5.84 Å². The number of hydrogen-bond donors (Lipinski definition) is 1. The van der Waals surface area contributed by atoms with Gasteiger partial charge in [0.15, 0.2) is 0 Å². The van der Waals surface area contributed by atoms with Crippen molar-refractivity contribution < 1.29 is 4.79 Å². The molecule has 1 amide bonds. The van der Waals surface area contributed by atoms with Gasteiger partial charge < -0.3 is 0 Å². The fraction of sp³-hybridized carbons (Fsp3) is 0.364. The molecular formula is C11H14Cl2N2O. The van der Waals surface area contributed by atoms with Crippen molar-refractivity contribution >= 4 is 29.1 Å². The standard InChI is InChI=1S/C11H14Cl2N2O/c1-15(14)11(16)4-2-3-8-5-6-9(12)7-10(8)13/h5-7H,2-4,14H2,1H3. The van der Waals surface area contributed by atoms with Crippen molar-refractivity contribution in [1.29, 1.82) is 0 Å². The molecule has 88 valence electrons. The predicted octanol–water partition coefficient (Wildman–Crippen LogP) is 2.65. The van der Waals surface area contributed by atoms with Crippen LogP contribution in [0, 0.1) is 0 Å². The first kappa shape index (κ1) is 13.3. The summed E-state index contributed by atoms with van der Waals surface area (Å²) in [6.45, 7) is 0. The van der Waals surface area contributed by atoms with Crippen LogP contribution in [0.25, 0.3) is 0 Å². The van der Waals surface area contributed by atoms with Crippen molar-refractivity contribution in [2.24, 2.45) is 5.84 Å². The van der Waals surface area contributed by atoms with Gasteiger partial charge in [-0.1, -0.05) is 29.3 Å². The highest BCUT2D eigenvalue weighted by Gasteiger charge is 2.06. The lowest BCUT2D eigenvalue weighted by Gasteiger charge is -2.09. The van der Waals surface area contributed by atoms with Gasteiger partial charge in [0.2, 0.25) is 5.91 Å². The zero-order valence-electron chi connectivity index (χ0n) is 9.04. The van der Waals surface area contributed by atoms with Gasteiger partial charge in [-0.25, -0.2) is 5.84 Å². The number of rotatable bonds is 4. The number of carbonyl (C=O) groups is 1. The fourth-order valence-corrected chi connectivity index (χ4v) is 1.83. The van der Waals surface area contributed by atoms with E-state index in [-0.39, 0.29) is 5.91 Å². The van der Waals surface area contributed by atoms with Crippen LogP contribution in [0.15, 0.2) is 18.2 Å². The average molecular weight is 261 g/mol. The Morgan fingerprint density at radius 2 is 2.12 bits per heavy atom. The minimum absolute atomic E-state index is 0.0786. The largest absolute Gasteiger partial charge is 0.284 e. The van der Waals surface area contributed by atoms with Gasteiger partial charge in [0.1, 0.15) is 0 Å². The van der Waals surface area contributed by atoms with Crippen molar-refractivity contribution in [2.45, 2.75) is 19.3 Å². The summed E-state index contributed by atoms with van der Waals surface area (Å²) in [7, 11) is 1.54. The fourth-order valence-electron chi connectivity index (χ4n) is 1.33. The van der Waals surface area contributed by atoms with Crippen LogP contribution in [0.3, 0.4) is 0 Å². The Kier molecular flexibility index (Phi) is 5.06. The third-order valence-electron chi connectivity index (χ3n) is 2.25. The minimum Gasteiger partial charge on any atom is -0.284 e. The second-order valence-electron chi connectivity index (χ2n) is 3.59. The lowest BCUT2D eigenvalue weighted by Crippen LogP contribution is -2.32. The van der Waals surface area contributed by atoms with Crippen molar-refractivity contribution in [3.05, 3.63) is 33.8 Å². The Bertz CT molecular complexity index is 380. The van der Waals surface area contributed by atoms with Gasteiger partial charge in [-0.05, 0) is 30.5 Å². The van der Waals surface area contributed by atoms with E-state index in [9.17, 15) is 4.79 Å². The number of nitrogens with two attached hydrogens (primary N) is 1. The molecule has 0 saturated heterocycles. The molecule has 0 atom stereocenters. The second kappa shape index (κ2) is 6.09. The van der Waals surface area contributed by atoms with E-state index in [0.717, 1.165) is 23.4 Å². The molecule has 3 nitrogen and oxygen atoms in total. The van der Waals surface area contributed by atoms with Crippen LogP contribution in [0.1, 0.15) is 18.4 Å². The van der Waals surface area contributed by atoms with Crippen molar-refractivity contribution in [1.82, 2.24) is 5.01 Å². The molecule has 2 N–H and O–H groups in total. The lowest BCUT2D eigenvalue weighted by molar-refractivity contribution is -0.130. The molecule has 0 aliphatic heterocycles. The Morgan fingerprint density at radius 1 is 1.44 bits per heavy atom. The second-order valence-corrected chi connectivity index (χ2v) is 4.44. The monoisotopic (exact) mass is 260 g/mol. The summed E-state index contributed by atoms with van der Waals surface area (Å²) in [5.74, 6) is 5.23. The van der Waals surface area contributed by atoms with Crippen molar-refractivity contribution in [3.63, 3.8) is 0 Å². The number of nitrogens with zero attached hydrogens (tertiary/aromatic N) is 1. The first-order valence-corrected chi connectivity index (χ1v) is 5.71. The molecule has 1 aromatic carbocycles. The first-order chi connectivity index (χ1) is 7.50. The van der Waals surface area contributed by atoms with E-state index in [1.54, 1.807) is 12.1 Å². The topological polar surface area (TPSA) is 46.3 Å². The number of aryl methyl sites for hydroxylation is 1. The SMILES string of the molecule is CN(N)C(=O)CCCc1ccc(Cl)cc1Cl. The molecule has 1 aromatic rings. The molecule has 0 bridgehead atoms. The molecule has 0 aliphatic rings. The van der Waals surface area contributed by atoms with Crippen molar-refractivity contribution in [2.75, 3.05) is 7.05 Å². The zero-order chi connectivity index (χ0) is 12.1. The molecule has 0 saturated carbocycles. The average Bonchev–Trinajstić information content (AvgIpc) is 2.20. The zero-order valence-corrected chi connectivity index (χ0v) is 10.6. The minimum atomic E-state index is -0.0786. The summed E-state index contributed by atoms with van der Waals surface area (Å²) in [5.41, 5.74) is 0.999. The molecule has 1 rings (SSSR count). The van der Waals surface area contributed by atoms with E-state index in [2.05, 4.69) is 0 Å². The molecule has 0 radical (unpaired) electrons.